The van der Waals surface area contributed by atoms with Crippen LogP contribution in [0.3, 0.4) is 0 Å². The molecule has 0 spiro atoms. The molecule has 0 aliphatic heterocycles. The van der Waals surface area contributed by atoms with Gasteiger partial charge in [-0.25, -0.2) is 0 Å². The molecule has 3 aromatic carbocycles. The van der Waals surface area contributed by atoms with Crippen LogP contribution in [0.25, 0.3) is 11.6 Å². The van der Waals surface area contributed by atoms with Crippen molar-refractivity contribution in [3.63, 3.8) is 0 Å². The summed E-state index contributed by atoms with van der Waals surface area (Å²) in [6.45, 7) is 4.20. The van der Waals surface area contributed by atoms with Gasteiger partial charge in [-0.3, -0.25) is 0 Å². The first-order chi connectivity index (χ1) is 14.2. The highest BCUT2D eigenvalue weighted by molar-refractivity contribution is 5.80. The van der Waals surface area contributed by atoms with Gasteiger partial charge in [0.1, 0.15) is 5.75 Å². The smallest absolute Gasteiger partial charge is 0.169 e. The number of hydrogen-bond donors (Lipinski definition) is 0. The highest BCUT2D eigenvalue weighted by atomic mass is 16.5. The molecule has 0 N–H and O–H groups in total. The lowest BCUT2D eigenvalue weighted by molar-refractivity contribution is 0.379. The minimum absolute atomic E-state index is 0.707. The van der Waals surface area contributed by atoms with Crippen molar-refractivity contribution in [3.05, 3.63) is 102 Å². The molecule has 0 atom stereocenters. The molecule has 0 heterocycles. The Morgan fingerprint density at radius 3 is 2.24 bits per heavy atom. The summed E-state index contributed by atoms with van der Waals surface area (Å²) in [6.07, 6.45) is 8.53. The summed E-state index contributed by atoms with van der Waals surface area (Å²) in [5.74, 6) is 2.21. The lowest BCUT2D eigenvalue weighted by Gasteiger charge is -2.13. The van der Waals surface area contributed by atoms with E-state index < -0.39 is 0 Å². The Kier molecular flexibility index (Phi) is 7.29. The number of methoxy groups -OCH3 is 1. The molecule has 0 saturated heterocycles. The quantitative estimate of drug-likeness (QED) is 0.395. The third-order valence-electron chi connectivity index (χ3n) is 4.66. The topological polar surface area (TPSA) is 18.5 Å². The average Bonchev–Trinajstić information content (AvgIpc) is 2.77. The van der Waals surface area contributed by atoms with E-state index in [4.69, 9.17) is 9.47 Å². The van der Waals surface area contributed by atoms with Gasteiger partial charge in [-0.2, -0.15) is 0 Å². The van der Waals surface area contributed by atoms with Crippen LogP contribution >= 0.6 is 0 Å². The highest BCUT2D eigenvalue weighted by Gasteiger charge is 2.08. The largest absolute Gasteiger partial charge is 0.493 e. The van der Waals surface area contributed by atoms with Gasteiger partial charge < -0.3 is 9.47 Å². The van der Waals surface area contributed by atoms with Crippen molar-refractivity contribution in [2.24, 2.45) is 0 Å². The fourth-order valence-corrected chi connectivity index (χ4v) is 3.20. The molecule has 3 rings (SSSR count). The average molecular weight is 385 g/mol. The maximum absolute atomic E-state index is 6.09. The maximum atomic E-state index is 6.09. The fraction of sp³-hybridized carbons (Fsp3) is 0.185. The molecule has 0 fully saturated rings. The lowest BCUT2D eigenvalue weighted by Crippen LogP contribution is -1.92. The Balaban J connectivity index is 1.84. The van der Waals surface area contributed by atoms with Crippen LogP contribution < -0.4 is 9.47 Å². The van der Waals surface area contributed by atoms with Crippen LogP contribution in [0.5, 0.6) is 17.2 Å². The molecule has 0 radical (unpaired) electrons. The molecular formula is C27H28O2. The molecular weight excluding hydrogens is 356 g/mol. The number of allylic oxidation sites excluding steroid dienone is 2. The predicted octanol–water partition coefficient (Wildman–Crippen LogP) is 7.75. The standard InChI is InChI=1S/C27H28O2/c1-4-6-13-25(22-11-8-7-9-12-22)23-15-17-24(18-16-23)29-26-19-14-21(10-5-2)20-27(26)28-3/h5,7-20H,4,6H2,1-3H3/b10-5+,25-13+. The van der Waals surface area contributed by atoms with Crippen LogP contribution in [0.15, 0.2) is 84.9 Å². The van der Waals surface area contributed by atoms with Crippen LogP contribution in [0.4, 0.5) is 0 Å². The first-order valence-electron chi connectivity index (χ1n) is 10.1. The Bertz CT molecular complexity index is 967. The molecule has 0 aromatic heterocycles. The van der Waals surface area contributed by atoms with Gasteiger partial charge in [0.05, 0.1) is 7.11 Å². The first-order valence-corrected chi connectivity index (χ1v) is 10.1. The number of unbranched alkanes of at least 4 members (excludes halogenated alkanes) is 1. The van der Waals surface area contributed by atoms with Crippen molar-refractivity contribution in [1.29, 1.82) is 0 Å². The van der Waals surface area contributed by atoms with Gasteiger partial charge in [0.15, 0.2) is 11.5 Å². The molecule has 0 saturated carbocycles. The second-order valence-electron chi connectivity index (χ2n) is 6.81. The van der Waals surface area contributed by atoms with Crippen LogP contribution in [-0.4, -0.2) is 7.11 Å². The van der Waals surface area contributed by atoms with E-state index in [1.165, 1.54) is 16.7 Å². The van der Waals surface area contributed by atoms with Crippen LogP contribution in [0.2, 0.25) is 0 Å². The molecule has 2 nitrogen and oxygen atoms in total. The van der Waals surface area contributed by atoms with Crippen molar-refractivity contribution < 1.29 is 9.47 Å². The zero-order valence-electron chi connectivity index (χ0n) is 17.4. The normalized spacial score (nSPS) is 11.6. The van der Waals surface area contributed by atoms with Gasteiger partial charge in [-0.05, 0) is 59.9 Å². The van der Waals surface area contributed by atoms with Crippen LogP contribution in [-0.2, 0) is 0 Å². The van der Waals surface area contributed by atoms with Gasteiger partial charge >= 0.3 is 0 Å². The van der Waals surface area contributed by atoms with E-state index in [1.54, 1.807) is 7.11 Å². The fourth-order valence-electron chi connectivity index (χ4n) is 3.20. The van der Waals surface area contributed by atoms with E-state index >= 15 is 0 Å². The zero-order chi connectivity index (χ0) is 20.5. The number of hydrogen-bond acceptors (Lipinski definition) is 2. The Morgan fingerprint density at radius 1 is 0.862 bits per heavy atom. The number of ether oxygens (including phenoxy) is 2. The van der Waals surface area contributed by atoms with Crippen molar-refractivity contribution in [2.75, 3.05) is 7.11 Å². The summed E-state index contributed by atoms with van der Waals surface area (Å²) in [4.78, 5) is 0. The summed E-state index contributed by atoms with van der Waals surface area (Å²) in [6, 6.07) is 24.7. The number of benzene rings is 3. The van der Waals surface area contributed by atoms with E-state index in [9.17, 15) is 0 Å². The summed E-state index contributed by atoms with van der Waals surface area (Å²) >= 11 is 0. The molecule has 2 heteroatoms. The SMILES string of the molecule is C/C=C/c1ccc(Oc2ccc(/C(=C/CCC)c3ccccc3)cc2)c(OC)c1. The van der Waals surface area contributed by atoms with Gasteiger partial charge in [0.2, 0.25) is 0 Å². The van der Waals surface area contributed by atoms with Crippen molar-refractivity contribution in [2.45, 2.75) is 26.7 Å². The molecule has 0 unspecified atom stereocenters. The molecule has 148 valence electrons. The van der Waals surface area contributed by atoms with Crippen molar-refractivity contribution in [1.82, 2.24) is 0 Å². The Hall–Kier alpha value is -3.26. The van der Waals surface area contributed by atoms with Crippen molar-refractivity contribution >= 4 is 11.6 Å². The van der Waals surface area contributed by atoms with Gasteiger partial charge in [0.25, 0.3) is 0 Å². The minimum Gasteiger partial charge on any atom is -0.493 e. The van der Waals surface area contributed by atoms with Gasteiger partial charge in [-0.15, -0.1) is 0 Å². The summed E-state index contributed by atoms with van der Waals surface area (Å²) in [7, 11) is 1.66. The molecule has 3 aromatic rings. The van der Waals surface area contributed by atoms with E-state index in [0.29, 0.717) is 5.75 Å². The van der Waals surface area contributed by atoms with E-state index in [0.717, 1.165) is 29.9 Å². The van der Waals surface area contributed by atoms with E-state index in [-0.39, 0.29) is 0 Å². The molecule has 0 aliphatic rings. The maximum Gasteiger partial charge on any atom is 0.169 e. The molecule has 0 amide bonds. The monoisotopic (exact) mass is 384 g/mol. The second-order valence-corrected chi connectivity index (χ2v) is 6.81. The Morgan fingerprint density at radius 2 is 1.59 bits per heavy atom. The minimum atomic E-state index is 0.707. The lowest BCUT2D eigenvalue weighted by atomic mass is 9.96. The first kappa shape index (κ1) is 20.5. The van der Waals surface area contributed by atoms with E-state index in [2.05, 4.69) is 49.4 Å². The second kappa shape index (κ2) is 10.3. The molecule has 0 aliphatic carbocycles. The summed E-state index contributed by atoms with van der Waals surface area (Å²) < 4.78 is 11.6. The Labute approximate surface area is 174 Å². The summed E-state index contributed by atoms with van der Waals surface area (Å²) in [5, 5.41) is 0. The predicted molar refractivity (Wildman–Crippen MR) is 123 cm³/mol. The van der Waals surface area contributed by atoms with Gasteiger partial charge in [-0.1, -0.05) is 80.1 Å². The van der Waals surface area contributed by atoms with Crippen molar-refractivity contribution in [3.8, 4) is 17.2 Å². The van der Waals surface area contributed by atoms with E-state index in [1.807, 2.05) is 55.5 Å². The van der Waals surface area contributed by atoms with Gasteiger partial charge in [0, 0.05) is 0 Å². The highest BCUT2D eigenvalue weighted by Crippen LogP contribution is 2.34. The third kappa shape index (κ3) is 5.39. The van der Waals surface area contributed by atoms with Crippen LogP contribution in [0.1, 0.15) is 43.4 Å². The third-order valence-corrected chi connectivity index (χ3v) is 4.66. The molecule has 0 bridgehead atoms. The molecule has 29 heavy (non-hydrogen) atoms. The number of rotatable bonds is 8. The summed E-state index contributed by atoms with van der Waals surface area (Å²) in [5.41, 5.74) is 4.76. The van der Waals surface area contributed by atoms with Crippen LogP contribution in [0, 0.1) is 0 Å². The zero-order valence-corrected chi connectivity index (χ0v) is 17.4.